The van der Waals surface area contributed by atoms with Crippen molar-refractivity contribution in [3.8, 4) is 50.2 Å². The van der Waals surface area contributed by atoms with E-state index < -0.39 is 69.9 Å². The van der Waals surface area contributed by atoms with E-state index in [9.17, 15) is 57.5 Å². The van der Waals surface area contributed by atoms with Gasteiger partial charge >= 0.3 is 24.7 Å². The Morgan fingerprint density at radius 3 is 1.20 bits per heavy atom. The summed E-state index contributed by atoms with van der Waals surface area (Å²) < 4.78 is 170. The SMILES string of the molecule is O=C1c2cccc(-n3c4ccc(-c5cc(C(F)(F)F)cc(C(F)(F)F)c5)cc4c4cc(-c5cc(C(F)(F)F)cc(C(F)(F)F)c5)ccc43)c2C(=O)N1c1cc(-c2ccccc2)ccc1-c1ccccc1. The number of anilines is 1. The fraction of sp³-hybridized carbons (Fsp3) is 0.0741. The molecule has 0 fully saturated rings. The first-order chi connectivity index (χ1) is 33.1. The molecule has 0 unspecified atom stereocenters. The van der Waals surface area contributed by atoms with Crippen molar-refractivity contribution in [2.45, 2.75) is 24.7 Å². The molecule has 0 saturated heterocycles. The quantitative estimate of drug-likeness (QED) is 0.123. The molecule has 2 heterocycles. The zero-order valence-electron chi connectivity index (χ0n) is 35.4. The van der Waals surface area contributed by atoms with Crippen LogP contribution in [0.4, 0.5) is 58.4 Å². The minimum Gasteiger partial charge on any atom is -0.308 e. The number of amides is 2. The third-order valence-electron chi connectivity index (χ3n) is 12.2. The van der Waals surface area contributed by atoms with E-state index in [1.807, 2.05) is 36.4 Å². The molecule has 350 valence electrons. The van der Waals surface area contributed by atoms with Crippen LogP contribution in [0.2, 0.25) is 0 Å². The Labute approximate surface area is 388 Å². The summed E-state index contributed by atoms with van der Waals surface area (Å²) in [5.41, 5.74) is -4.67. The van der Waals surface area contributed by atoms with Gasteiger partial charge in [0.15, 0.2) is 0 Å². The van der Waals surface area contributed by atoms with Crippen LogP contribution in [-0.2, 0) is 24.7 Å². The van der Waals surface area contributed by atoms with Gasteiger partial charge in [0.1, 0.15) is 0 Å². The van der Waals surface area contributed by atoms with Crippen molar-refractivity contribution >= 4 is 39.3 Å². The van der Waals surface area contributed by atoms with Crippen LogP contribution in [0.15, 0.2) is 170 Å². The van der Waals surface area contributed by atoms with Gasteiger partial charge < -0.3 is 4.57 Å². The third kappa shape index (κ3) is 8.01. The molecule has 0 saturated carbocycles. The normalized spacial score (nSPS) is 13.5. The number of carbonyl (C=O) groups excluding carboxylic acids is 2. The van der Waals surface area contributed by atoms with Crippen LogP contribution in [0.5, 0.6) is 0 Å². The number of carbonyl (C=O) groups is 2. The molecule has 0 atom stereocenters. The predicted octanol–water partition coefficient (Wildman–Crippen LogP) is 16.3. The molecule has 4 nitrogen and oxygen atoms in total. The van der Waals surface area contributed by atoms with Crippen molar-refractivity contribution < 1.29 is 62.3 Å². The minimum absolute atomic E-state index is 0.0389. The Morgan fingerprint density at radius 1 is 0.314 bits per heavy atom. The highest BCUT2D eigenvalue weighted by atomic mass is 19.4. The van der Waals surface area contributed by atoms with Crippen LogP contribution < -0.4 is 4.90 Å². The molecule has 10 rings (SSSR count). The average molecular weight is 965 g/mol. The zero-order valence-corrected chi connectivity index (χ0v) is 35.4. The van der Waals surface area contributed by atoms with E-state index in [-0.39, 0.29) is 67.6 Å². The van der Waals surface area contributed by atoms with Crippen LogP contribution in [0, 0.1) is 0 Å². The number of imide groups is 1. The minimum atomic E-state index is -5.21. The lowest BCUT2D eigenvalue weighted by atomic mass is 9.96. The van der Waals surface area contributed by atoms with Gasteiger partial charge in [-0.2, -0.15) is 52.7 Å². The molecule has 70 heavy (non-hydrogen) atoms. The van der Waals surface area contributed by atoms with E-state index in [1.165, 1.54) is 59.2 Å². The van der Waals surface area contributed by atoms with Crippen LogP contribution in [-0.4, -0.2) is 16.4 Å². The highest BCUT2D eigenvalue weighted by molar-refractivity contribution is 6.36. The van der Waals surface area contributed by atoms with E-state index in [2.05, 4.69) is 0 Å². The van der Waals surface area contributed by atoms with Gasteiger partial charge in [-0.1, -0.05) is 91.0 Å². The first kappa shape index (κ1) is 45.6. The van der Waals surface area contributed by atoms with E-state index >= 15 is 4.79 Å². The number of fused-ring (bicyclic) bond motifs is 4. The fourth-order valence-electron chi connectivity index (χ4n) is 8.95. The molecule has 1 aliphatic rings. The molecule has 0 bridgehead atoms. The number of nitrogens with zero attached hydrogens (tertiary/aromatic N) is 2. The summed E-state index contributed by atoms with van der Waals surface area (Å²) in [6, 6.07) is 37.5. The van der Waals surface area contributed by atoms with Gasteiger partial charge in [0.2, 0.25) is 0 Å². The fourth-order valence-corrected chi connectivity index (χ4v) is 8.95. The van der Waals surface area contributed by atoms with Crippen molar-refractivity contribution in [2.75, 3.05) is 4.90 Å². The van der Waals surface area contributed by atoms with Crippen LogP contribution in [0.25, 0.3) is 72.0 Å². The maximum Gasteiger partial charge on any atom is 0.416 e. The molecule has 2 amide bonds. The smallest absolute Gasteiger partial charge is 0.308 e. The Balaban J connectivity index is 1.21. The molecule has 0 radical (unpaired) electrons. The van der Waals surface area contributed by atoms with E-state index in [0.717, 1.165) is 10.5 Å². The van der Waals surface area contributed by atoms with Crippen molar-refractivity contribution in [1.82, 2.24) is 4.57 Å². The lowest BCUT2D eigenvalue weighted by molar-refractivity contribution is -0.144. The lowest BCUT2D eigenvalue weighted by Crippen LogP contribution is -2.30. The number of hydrogen-bond acceptors (Lipinski definition) is 2. The number of alkyl halides is 12. The molecule has 0 N–H and O–H groups in total. The van der Waals surface area contributed by atoms with Crippen LogP contribution in [0.1, 0.15) is 43.0 Å². The third-order valence-corrected chi connectivity index (χ3v) is 12.2. The van der Waals surface area contributed by atoms with Crippen molar-refractivity contribution in [3.63, 3.8) is 0 Å². The monoisotopic (exact) mass is 964 g/mol. The standard InChI is InChI=1S/C54H28F12N2O2/c55-51(56,57)36-20-34(21-37(27-36)52(58,59)60)31-15-18-44-42(24-31)43-25-32(35-22-38(53(61,62)63)28-39(23-35)54(64,65)66)16-19-45(43)67(44)46-13-7-12-41-48(46)50(70)68(49(41)69)47-26-33(29-8-3-1-4-9-29)14-17-40(47)30-10-5-2-6-11-30/h1-28H. The van der Waals surface area contributed by atoms with Gasteiger partial charge in [-0.3, -0.25) is 9.59 Å². The summed E-state index contributed by atoms with van der Waals surface area (Å²) in [6.07, 6.45) is -20.8. The van der Waals surface area contributed by atoms with E-state index in [0.29, 0.717) is 41.0 Å². The zero-order chi connectivity index (χ0) is 49.7. The van der Waals surface area contributed by atoms with Gasteiger partial charge in [0.25, 0.3) is 11.8 Å². The molecule has 0 spiro atoms. The Morgan fingerprint density at radius 2 is 0.743 bits per heavy atom. The second-order valence-corrected chi connectivity index (χ2v) is 16.5. The van der Waals surface area contributed by atoms with Gasteiger partial charge in [-0.25, -0.2) is 4.90 Å². The first-order valence-electron chi connectivity index (χ1n) is 21.0. The molecule has 0 aliphatic carbocycles. The van der Waals surface area contributed by atoms with Gasteiger partial charge in [0.05, 0.1) is 55.8 Å². The molecule has 1 aromatic heterocycles. The molecular formula is C54H28F12N2O2. The van der Waals surface area contributed by atoms with Crippen molar-refractivity contribution in [2.24, 2.45) is 0 Å². The van der Waals surface area contributed by atoms with Gasteiger partial charge in [-0.05, 0) is 118 Å². The second-order valence-electron chi connectivity index (χ2n) is 16.5. The second kappa shape index (κ2) is 16.2. The number of hydrogen-bond donors (Lipinski definition) is 0. The Bertz CT molecular complexity index is 3390. The summed E-state index contributed by atoms with van der Waals surface area (Å²) in [6.45, 7) is 0. The summed E-state index contributed by atoms with van der Waals surface area (Å²) in [4.78, 5) is 30.8. The molecule has 1 aliphatic heterocycles. The number of rotatable bonds is 6. The van der Waals surface area contributed by atoms with Crippen molar-refractivity contribution in [3.05, 3.63) is 203 Å². The van der Waals surface area contributed by atoms with E-state index in [1.54, 1.807) is 42.5 Å². The van der Waals surface area contributed by atoms with Gasteiger partial charge in [0, 0.05) is 16.3 Å². The molecule has 9 aromatic rings. The predicted molar refractivity (Wildman–Crippen MR) is 240 cm³/mol. The first-order valence-corrected chi connectivity index (χ1v) is 21.0. The molecule has 16 heteroatoms. The summed E-state index contributed by atoms with van der Waals surface area (Å²) in [7, 11) is 0. The number of benzene rings is 8. The highest BCUT2D eigenvalue weighted by Crippen LogP contribution is 2.46. The maximum atomic E-state index is 15.1. The maximum absolute atomic E-state index is 15.1. The van der Waals surface area contributed by atoms with Crippen LogP contribution in [0.3, 0.4) is 0 Å². The van der Waals surface area contributed by atoms with Crippen molar-refractivity contribution in [1.29, 1.82) is 0 Å². The highest BCUT2D eigenvalue weighted by Gasteiger charge is 2.42. The summed E-state index contributed by atoms with van der Waals surface area (Å²) in [5, 5.41) is 0.132. The van der Waals surface area contributed by atoms with E-state index in [4.69, 9.17) is 0 Å². The Hall–Kier alpha value is -8.14. The number of halogens is 12. The number of aromatic nitrogens is 1. The average Bonchev–Trinajstić information content (AvgIpc) is 3.79. The molecular weight excluding hydrogens is 937 g/mol. The lowest BCUT2D eigenvalue weighted by Gasteiger charge is -2.20. The van der Waals surface area contributed by atoms with Crippen LogP contribution >= 0.6 is 0 Å². The van der Waals surface area contributed by atoms with Gasteiger partial charge in [-0.15, -0.1) is 0 Å². The largest absolute Gasteiger partial charge is 0.416 e. The summed E-state index contributed by atoms with van der Waals surface area (Å²) >= 11 is 0. The summed E-state index contributed by atoms with van der Waals surface area (Å²) in [5.74, 6) is -1.47. The molecule has 8 aromatic carbocycles. The Kier molecular flexibility index (Phi) is 10.6. The topological polar surface area (TPSA) is 42.3 Å².